The maximum absolute atomic E-state index is 9.00. The largest absolute Gasteiger partial charge is 2.00 e. The van der Waals surface area contributed by atoms with E-state index in [1.807, 2.05) is 0 Å². The van der Waals surface area contributed by atoms with Crippen LogP contribution >= 0.6 is 0 Å². The van der Waals surface area contributed by atoms with Crippen LogP contribution in [0.2, 0.25) is 0 Å². The third-order valence-corrected chi connectivity index (χ3v) is 0.333. The minimum atomic E-state index is -2.19. The van der Waals surface area contributed by atoms with Crippen molar-refractivity contribution in [2.75, 3.05) is 0 Å². The van der Waals surface area contributed by atoms with Crippen molar-refractivity contribution in [3.8, 4) is 0 Å². The Morgan fingerprint density at radius 3 is 0.571 bits per heavy atom. The molecule has 0 radical (unpaired) electrons. The van der Waals surface area contributed by atoms with E-state index in [9.17, 15) is 0 Å². The van der Waals surface area contributed by atoms with Gasteiger partial charge in [-0.2, -0.15) is 0 Å². The van der Waals surface area contributed by atoms with Gasteiger partial charge in [0.15, 0.2) is 0 Å². The number of guanidine groups is 2. The molecule has 2 amide bonds. The molecule has 28 heavy (non-hydrogen) atoms. The number of carboxylic acids is 4. The van der Waals surface area contributed by atoms with Crippen LogP contribution in [0.5, 0.6) is 0 Å². The summed E-state index contributed by atoms with van der Waals surface area (Å²) in [5, 5.41) is 44.9. The first kappa shape index (κ1) is 56.3. The Balaban J connectivity index is -0.0000000225. The first-order valence-corrected chi connectivity index (χ1v) is 4.65. The van der Waals surface area contributed by atoms with Gasteiger partial charge in [0.05, 0.1) is 23.9 Å². The van der Waals surface area contributed by atoms with Crippen molar-refractivity contribution < 1.29 is 103 Å². The normalized spacial score (nSPS) is 5.71. The van der Waals surface area contributed by atoms with Crippen molar-refractivity contribution >= 4 is 41.8 Å². The topological polar surface area (TPSA) is 473 Å². The van der Waals surface area contributed by atoms with Crippen LogP contribution in [0.25, 0.3) is 0 Å². The number of hydrogen-bond acceptors (Lipinski definition) is 9. The summed E-state index contributed by atoms with van der Waals surface area (Å²) in [4.78, 5) is 44.7. The van der Waals surface area contributed by atoms with Gasteiger partial charge < -0.3 is 67.5 Å². The fourth-order valence-electron chi connectivity index (χ4n) is 0. The molecule has 0 aromatic carbocycles. The number of hydrogen-bond donors (Lipinski definition) is 8. The van der Waals surface area contributed by atoms with E-state index in [1.54, 1.807) is 0 Å². The molecule has 0 aliphatic carbocycles. The van der Waals surface area contributed by atoms with Gasteiger partial charge in [-0.05, 0) is 0 Å². The van der Waals surface area contributed by atoms with Crippen LogP contribution in [0.15, 0.2) is 0 Å². The fourth-order valence-corrected chi connectivity index (χ4v) is 0. The number of nitrogens with two attached hydrogens (primary N) is 8. The minimum absolute atomic E-state index is 0. The first-order valence-electron chi connectivity index (χ1n) is 4.65. The summed E-state index contributed by atoms with van der Waals surface area (Å²) < 4.78 is 0. The number of carbonyl (C=O) groups excluding carboxylic acids is 5. The van der Waals surface area contributed by atoms with E-state index in [-0.39, 0.29) is 59.5 Å². The van der Waals surface area contributed by atoms with Crippen molar-refractivity contribution in [1.82, 2.24) is 0 Å². The Bertz CT molecular complexity index is 384. The third kappa shape index (κ3) is 495. The van der Waals surface area contributed by atoms with Crippen LogP contribution in [-0.4, -0.2) is 47.3 Å². The predicted molar refractivity (Wildman–Crippen MR) is 69.4 cm³/mol. The molecule has 0 fully saturated rings. The quantitative estimate of drug-likeness (QED) is 0.0690. The smallest absolute Gasteiger partial charge is 0.336 e. The van der Waals surface area contributed by atoms with Crippen molar-refractivity contribution in [2.24, 2.45) is 34.4 Å². The molecule has 0 spiro atoms. The summed E-state index contributed by atoms with van der Waals surface area (Å²) >= 11 is 0. The van der Waals surface area contributed by atoms with E-state index in [4.69, 9.17) is 44.4 Å². The molecule has 0 bridgehead atoms. The molecule has 0 aromatic rings. The van der Waals surface area contributed by atoms with Crippen LogP contribution in [0, 0.1) is 31.1 Å². The summed E-state index contributed by atoms with van der Waals surface area (Å²) in [5.74, 6) is -8.91. The summed E-state index contributed by atoms with van der Waals surface area (Å²) in [7, 11) is 0. The van der Waals surface area contributed by atoms with Crippen LogP contribution in [0.3, 0.4) is 0 Å². The zero-order valence-electron chi connectivity index (χ0n) is 13.6. The van der Waals surface area contributed by atoms with Crippen molar-refractivity contribution in [1.29, 1.82) is 0 Å². The van der Waals surface area contributed by atoms with Gasteiger partial charge in [-0.3, -0.25) is 33.8 Å². The third-order valence-electron chi connectivity index (χ3n) is 0.333. The Morgan fingerprint density at radius 2 is 0.571 bits per heavy atom. The van der Waals surface area contributed by atoms with E-state index < -0.39 is 29.9 Å². The van der Waals surface area contributed by atoms with E-state index in [2.05, 4.69) is 45.2 Å². The van der Waals surface area contributed by atoms with E-state index >= 15 is 0 Å². The second-order valence-corrected chi connectivity index (χ2v) is 2.55. The maximum atomic E-state index is 9.00. The molecule has 18 N–H and O–H groups in total. The predicted octanol–water partition coefficient (Wildman–Crippen LogP) is -15.0. The molecule has 0 atom stereocenters. The van der Waals surface area contributed by atoms with Crippen LogP contribution in [-0.2, 0) is 30.1 Å². The SMILES string of the molecule is NC(N)=O.NC(N)=[NH2+].NC(N)=[NH2+].O.O=C([O-])C(=O)[O-].O=C([O-])C(=O)[O-].[O-2].[O-2].[U]. The molecule has 0 unspecified atom stereocenters. The first-order chi connectivity index (χ1) is 10.5. The van der Waals surface area contributed by atoms with E-state index in [1.165, 1.54) is 0 Å². The molecule has 21 heteroatoms. The van der Waals surface area contributed by atoms with Gasteiger partial charge in [-0.25, -0.2) is 4.79 Å². The zero-order valence-corrected chi connectivity index (χ0v) is 17.8. The van der Waals surface area contributed by atoms with Crippen molar-refractivity contribution in [2.45, 2.75) is 0 Å². The maximum Gasteiger partial charge on any atom is 0.336 e. The zero-order chi connectivity index (χ0) is 21.0. The van der Waals surface area contributed by atoms with Gasteiger partial charge in [-0.15, -0.1) is 0 Å². The van der Waals surface area contributed by atoms with Gasteiger partial charge in [0.2, 0.25) is 0 Å². The number of primary amides is 2. The minimum Gasteiger partial charge on any atom is -2.00 e. The van der Waals surface area contributed by atoms with Gasteiger partial charge in [-0.1, -0.05) is 0 Å². The van der Waals surface area contributed by atoms with Gasteiger partial charge in [0.25, 0.3) is 0 Å². The monoisotopic (exact) mass is 644 g/mol. The summed E-state index contributed by atoms with van der Waals surface area (Å²) in [6.45, 7) is 0. The van der Waals surface area contributed by atoms with E-state index in [0.717, 1.165) is 0 Å². The molecule has 0 aromatic heterocycles. The van der Waals surface area contributed by atoms with Crippen LogP contribution < -0.4 is 65.6 Å². The number of rotatable bonds is 0. The molecular weight excluding hydrogens is 626 g/mol. The molecular formula is C7H18N8O12U-6. The summed E-state index contributed by atoms with van der Waals surface area (Å²) in [6.07, 6.45) is 0. The number of carboxylic acid groups (broad SMARTS) is 4. The van der Waals surface area contributed by atoms with Gasteiger partial charge >= 0.3 is 18.0 Å². The molecule has 0 heterocycles. The van der Waals surface area contributed by atoms with Crippen LogP contribution in [0.4, 0.5) is 4.79 Å². The molecule has 0 saturated heterocycles. The molecule has 0 saturated carbocycles. The molecule has 0 rings (SSSR count). The Labute approximate surface area is 179 Å². The van der Waals surface area contributed by atoms with Crippen molar-refractivity contribution in [3.63, 3.8) is 0 Å². The molecule has 0 aliphatic rings. The number of carbonyl (C=O) groups is 5. The van der Waals surface area contributed by atoms with Crippen molar-refractivity contribution in [3.05, 3.63) is 0 Å². The van der Waals surface area contributed by atoms with Crippen LogP contribution in [0.1, 0.15) is 0 Å². The average molecular weight is 644 g/mol. The van der Waals surface area contributed by atoms with Gasteiger partial charge in [0, 0.05) is 31.1 Å². The Hall–Kier alpha value is -3.38. The molecule has 20 nitrogen and oxygen atoms in total. The summed E-state index contributed by atoms with van der Waals surface area (Å²) in [6, 6.07) is -0.833. The fraction of sp³-hybridized carbons (Fsp3) is 0. The second kappa shape index (κ2) is 38.9. The van der Waals surface area contributed by atoms with Gasteiger partial charge in [0.1, 0.15) is 0 Å². The Morgan fingerprint density at radius 1 is 0.536 bits per heavy atom. The average Bonchev–Trinajstić information content (AvgIpc) is 2.26. The Kier molecular flexibility index (Phi) is 78.3. The number of aliphatic carboxylic acids is 4. The van der Waals surface area contributed by atoms with E-state index in [0.29, 0.717) is 0 Å². The number of amides is 2. The standard InChI is InChI=1S/2C2H2O4.2CH5N3.CH4N2O.H2O.2O.U/c2*3-1(4)2(5)6;3*2-1(3)4;;;;/h2*(H,3,4)(H,5,6);2*(H5,2,3,4);(H4,2,3,4);1H2;;;/q;;;;;;2*-2;/p-2. The molecule has 168 valence electrons. The second-order valence-electron chi connectivity index (χ2n) is 2.55. The summed E-state index contributed by atoms with van der Waals surface area (Å²) in [5.41, 5.74) is 26.8. The molecule has 0 aliphatic heterocycles. The number of urea groups is 1.